The van der Waals surface area contributed by atoms with Crippen LogP contribution in [-0.4, -0.2) is 70.8 Å². The molecule has 0 unspecified atom stereocenters. The normalized spacial score (nSPS) is 28.6. The summed E-state index contributed by atoms with van der Waals surface area (Å²) >= 11 is 0. The lowest BCUT2D eigenvalue weighted by atomic mass is 9.79. The predicted molar refractivity (Wildman–Crippen MR) is 93.5 cm³/mol. The highest BCUT2D eigenvalue weighted by Gasteiger charge is 2.58. The van der Waals surface area contributed by atoms with Gasteiger partial charge in [0, 0.05) is 70.4 Å². The van der Waals surface area contributed by atoms with Crippen molar-refractivity contribution in [3.63, 3.8) is 0 Å². The molecule has 0 aliphatic carbocycles. The fourth-order valence-corrected chi connectivity index (χ4v) is 4.84. The minimum Gasteiger partial charge on any atom is -0.342 e. The number of aromatic nitrogens is 1. The maximum absolute atomic E-state index is 14.0. The van der Waals surface area contributed by atoms with Gasteiger partial charge in [0.1, 0.15) is 5.82 Å². The number of halogens is 1. The molecule has 1 aromatic rings. The van der Waals surface area contributed by atoms with Crippen LogP contribution in [0.2, 0.25) is 0 Å². The molecule has 3 saturated heterocycles. The van der Waals surface area contributed by atoms with Crippen LogP contribution < -0.4 is 0 Å². The number of hydrogen-bond donors (Lipinski definition) is 0. The molecule has 1 aromatic heterocycles. The third kappa shape index (κ3) is 2.88. The van der Waals surface area contributed by atoms with Crippen molar-refractivity contribution in [1.82, 2.24) is 19.7 Å². The van der Waals surface area contributed by atoms with Crippen LogP contribution in [0.4, 0.5) is 4.39 Å². The Kier molecular flexibility index (Phi) is 4.42. The van der Waals surface area contributed by atoms with E-state index in [4.69, 9.17) is 0 Å². The molecule has 0 bridgehead atoms. The SMILES string of the molecule is CC(=O)N1C[C@H]2CN(Cc3ccncc3F)C[C@@]2(C(=O)N2CCCC2)C1. The van der Waals surface area contributed by atoms with Crippen LogP contribution in [-0.2, 0) is 16.1 Å². The van der Waals surface area contributed by atoms with Crippen molar-refractivity contribution in [1.29, 1.82) is 0 Å². The van der Waals surface area contributed by atoms with E-state index < -0.39 is 5.41 Å². The van der Waals surface area contributed by atoms with E-state index in [-0.39, 0.29) is 23.5 Å². The van der Waals surface area contributed by atoms with Gasteiger partial charge in [-0.25, -0.2) is 4.39 Å². The quantitative estimate of drug-likeness (QED) is 0.811. The molecule has 4 heterocycles. The van der Waals surface area contributed by atoms with Gasteiger partial charge in [0.25, 0.3) is 0 Å². The average molecular weight is 360 g/mol. The standard InChI is InChI=1S/C19H25FN4O2/c1-14(25)24-11-16-10-22(9-15-4-5-21-8-17(15)20)12-19(16,13-24)18(26)23-6-2-3-7-23/h4-5,8,16H,2-3,6-7,9-13H2,1H3/t16-,19-/m1/s1. The molecule has 4 rings (SSSR count). The van der Waals surface area contributed by atoms with Crippen molar-refractivity contribution in [3.05, 3.63) is 29.8 Å². The fraction of sp³-hybridized carbons (Fsp3) is 0.632. The Morgan fingerprint density at radius 2 is 2.00 bits per heavy atom. The van der Waals surface area contributed by atoms with Crippen molar-refractivity contribution in [3.8, 4) is 0 Å². The highest BCUT2D eigenvalue weighted by atomic mass is 19.1. The fourth-order valence-electron chi connectivity index (χ4n) is 4.84. The summed E-state index contributed by atoms with van der Waals surface area (Å²) in [6, 6.07) is 1.69. The Bertz CT molecular complexity index is 721. The number of amides is 2. The van der Waals surface area contributed by atoms with E-state index in [9.17, 15) is 14.0 Å². The van der Waals surface area contributed by atoms with E-state index in [0.717, 1.165) is 25.9 Å². The molecule has 3 fully saturated rings. The van der Waals surface area contributed by atoms with Crippen molar-refractivity contribution in [2.45, 2.75) is 26.3 Å². The van der Waals surface area contributed by atoms with Crippen LogP contribution in [0.25, 0.3) is 0 Å². The predicted octanol–water partition coefficient (Wildman–Crippen LogP) is 1.12. The topological polar surface area (TPSA) is 56.8 Å². The molecular formula is C19H25FN4O2. The highest BCUT2D eigenvalue weighted by molar-refractivity contribution is 5.86. The van der Waals surface area contributed by atoms with Gasteiger partial charge in [-0.2, -0.15) is 0 Å². The van der Waals surface area contributed by atoms with Crippen LogP contribution in [0.1, 0.15) is 25.3 Å². The van der Waals surface area contributed by atoms with Crippen LogP contribution in [0, 0.1) is 17.2 Å². The van der Waals surface area contributed by atoms with Crippen LogP contribution in [0.3, 0.4) is 0 Å². The zero-order chi connectivity index (χ0) is 18.3. The first kappa shape index (κ1) is 17.4. The molecule has 0 aromatic carbocycles. The van der Waals surface area contributed by atoms with E-state index in [0.29, 0.717) is 38.3 Å². The number of rotatable bonds is 3. The Balaban J connectivity index is 1.56. The molecule has 7 heteroatoms. The van der Waals surface area contributed by atoms with E-state index >= 15 is 0 Å². The molecular weight excluding hydrogens is 335 g/mol. The van der Waals surface area contributed by atoms with Gasteiger partial charge in [-0.1, -0.05) is 0 Å². The summed E-state index contributed by atoms with van der Waals surface area (Å²) < 4.78 is 14.0. The first-order chi connectivity index (χ1) is 12.5. The summed E-state index contributed by atoms with van der Waals surface area (Å²) in [4.78, 5) is 35.0. The summed E-state index contributed by atoms with van der Waals surface area (Å²) in [6.07, 6.45) is 4.93. The summed E-state index contributed by atoms with van der Waals surface area (Å²) in [5.74, 6) is 0.0143. The number of carbonyl (C=O) groups excluding carboxylic acids is 2. The zero-order valence-corrected chi connectivity index (χ0v) is 15.2. The Labute approximate surface area is 153 Å². The lowest BCUT2D eigenvalue weighted by Crippen LogP contribution is -2.49. The van der Waals surface area contributed by atoms with E-state index in [1.54, 1.807) is 19.2 Å². The highest BCUT2D eigenvalue weighted by Crippen LogP contribution is 2.45. The van der Waals surface area contributed by atoms with E-state index in [1.165, 1.54) is 6.20 Å². The largest absolute Gasteiger partial charge is 0.342 e. The number of likely N-dealkylation sites (tertiary alicyclic amines) is 3. The zero-order valence-electron chi connectivity index (χ0n) is 15.2. The van der Waals surface area contributed by atoms with Gasteiger partial charge in [0.05, 0.1) is 11.6 Å². The second kappa shape index (κ2) is 6.61. The summed E-state index contributed by atoms with van der Waals surface area (Å²) in [6.45, 7) is 6.06. The minimum absolute atomic E-state index is 0.0275. The Morgan fingerprint density at radius 1 is 1.23 bits per heavy atom. The van der Waals surface area contributed by atoms with Gasteiger partial charge < -0.3 is 9.80 Å². The molecule has 3 aliphatic heterocycles. The second-order valence-electron chi connectivity index (χ2n) is 7.89. The van der Waals surface area contributed by atoms with Crippen LogP contribution in [0.5, 0.6) is 0 Å². The first-order valence-corrected chi connectivity index (χ1v) is 9.35. The number of nitrogens with zero attached hydrogens (tertiary/aromatic N) is 4. The van der Waals surface area contributed by atoms with Gasteiger partial charge in [0.2, 0.25) is 11.8 Å². The molecule has 2 amide bonds. The van der Waals surface area contributed by atoms with Crippen molar-refractivity contribution < 1.29 is 14.0 Å². The Morgan fingerprint density at radius 3 is 2.69 bits per heavy atom. The van der Waals surface area contributed by atoms with Crippen molar-refractivity contribution in [2.24, 2.45) is 11.3 Å². The Hall–Kier alpha value is -2.02. The molecule has 6 nitrogen and oxygen atoms in total. The van der Waals surface area contributed by atoms with E-state index in [1.807, 2.05) is 9.80 Å². The second-order valence-corrected chi connectivity index (χ2v) is 7.89. The summed E-state index contributed by atoms with van der Waals surface area (Å²) in [5, 5.41) is 0. The summed E-state index contributed by atoms with van der Waals surface area (Å²) in [7, 11) is 0. The van der Waals surface area contributed by atoms with Crippen molar-refractivity contribution in [2.75, 3.05) is 39.3 Å². The molecule has 0 spiro atoms. The average Bonchev–Trinajstić information content (AvgIpc) is 3.30. The third-order valence-corrected chi connectivity index (χ3v) is 6.19. The van der Waals surface area contributed by atoms with Crippen LogP contribution in [0.15, 0.2) is 18.5 Å². The molecule has 140 valence electrons. The van der Waals surface area contributed by atoms with Gasteiger partial charge in [0.15, 0.2) is 0 Å². The number of pyridine rings is 1. The van der Waals surface area contributed by atoms with Gasteiger partial charge >= 0.3 is 0 Å². The van der Waals surface area contributed by atoms with E-state index in [2.05, 4.69) is 9.88 Å². The maximum atomic E-state index is 14.0. The van der Waals surface area contributed by atoms with Gasteiger partial charge in [-0.05, 0) is 18.9 Å². The summed E-state index contributed by atoms with van der Waals surface area (Å²) in [5.41, 5.74) is 0.0617. The van der Waals surface area contributed by atoms with Crippen LogP contribution >= 0.6 is 0 Å². The lowest BCUT2D eigenvalue weighted by Gasteiger charge is -2.32. The van der Waals surface area contributed by atoms with Crippen molar-refractivity contribution >= 4 is 11.8 Å². The monoisotopic (exact) mass is 360 g/mol. The minimum atomic E-state index is -0.542. The lowest BCUT2D eigenvalue weighted by molar-refractivity contribution is -0.141. The number of fused-ring (bicyclic) bond motifs is 1. The molecule has 26 heavy (non-hydrogen) atoms. The molecule has 0 radical (unpaired) electrons. The number of hydrogen-bond acceptors (Lipinski definition) is 4. The maximum Gasteiger partial charge on any atom is 0.232 e. The van der Waals surface area contributed by atoms with Gasteiger partial charge in [-0.3, -0.25) is 19.5 Å². The first-order valence-electron chi connectivity index (χ1n) is 9.35. The van der Waals surface area contributed by atoms with Gasteiger partial charge in [-0.15, -0.1) is 0 Å². The molecule has 3 aliphatic rings. The molecule has 0 saturated carbocycles. The smallest absolute Gasteiger partial charge is 0.232 e. The molecule has 0 N–H and O–H groups in total. The molecule has 2 atom stereocenters. The third-order valence-electron chi connectivity index (χ3n) is 6.19. The number of carbonyl (C=O) groups is 2.